The average Bonchev–Trinajstić information content (AvgIpc) is 3.16. The summed E-state index contributed by atoms with van der Waals surface area (Å²) in [6.07, 6.45) is 2.03. The molecule has 1 aliphatic rings. The van der Waals surface area contributed by atoms with Crippen molar-refractivity contribution in [2.45, 2.75) is 26.7 Å². The van der Waals surface area contributed by atoms with Crippen LogP contribution >= 0.6 is 11.3 Å². The molecule has 1 aliphatic carbocycles. The molecule has 1 aromatic heterocycles. The third-order valence-corrected chi connectivity index (χ3v) is 4.31. The van der Waals surface area contributed by atoms with Crippen LogP contribution in [0.25, 0.3) is 11.3 Å². The van der Waals surface area contributed by atoms with Gasteiger partial charge in [-0.1, -0.05) is 6.07 Å². The summed E-state index contributed by atoms with van der Waals surface area (Å²) >= 11 is 1.50. The Kier molecular flexibility index (Phi) is 3.22. The highest BCUT2D eigenvalue weighted by Gasteiger charge is 2.29. The van der Waals surface area contributed by atoms with Crippen molar-refractivity contribution in [2.24, 2.45) is 5.92 Å². The van der Waals surface area contributed by atoms with Gasteiger partial charge >= 0.3 is 0 Å². The maximum Gasteiger partial charge on any atom is 0.227 e. The van der Waals surface area contributed by atoms with Crippen LogP contribution < -0.4 is 11.1 Å². The number of carbonyl (C=O) groups is 1. The molecule has 0 aliphatic heterocycles. The number of thiazole rings is 1. The number of nitrogens with two attached hydrogens (primary N) is 1. The van der Waals surface area contributed by atoms with Gasteiger partial charge in [0, 0.05) is 22.0 Å². The number of hydrogen-bond donors (Lipinski definition) is 2. The van der Waals surface area contributed by atoms with E-state index in [9.17, 15) is 4.79 Å². The minimum Gasteiger partial charge on any atom is -0.375 e. The van der Waals surface area contributed by atoms with Crippen molar-refractivity contribution in [2.75, 3.05) is 11.1 Å². The van der Waals surface area contributed by atoms with Gasteiger partial charge in [0.05, 0.1) is 5.69 Å². The van der Waals surface area contributed by atoms with Crippen LogP contribution in [0.15, 0.2) is 18.2 Å². The van der Waals surface area contributed by atoms with Gasteiger partial charge in [-0.15, -0.1) is 11.3 Å². The smallest absolute Gasteiger partial charge is 0.227 e. The summed E-state index contributed by atoms with van der Waals surface area (Å²) in [4.78, 5) is 17.3. The first-order chi connectivity index (χ1) is 9.54. The predicted octanol–water partition coefficient (Wildman–Crippen LogP) is 3.36. The Balaban J connectivity index is 1.87. The molecule has 0 atom stereocenters. The van der Waals surface area contributed by atoms with E-state index in [1.54, 1.807) is 0 Å². The molecule has 0 radical (unpaired) electrons. The number of nitrogen functional groups attached to an aromatic ring is 1. The highest BCUT2D eigenvalue weighted by Crippen LogP contribution is 2.33. The molecule has 0 saturated heterocycles. The maximum absolute atomic E-state index is 11.8. The van der Waals surface area contributed by atoms with Crippen LogP contribution in [-0.4, -0.2) is 10.9 Å². The first-order valence-corrected chi connectivity index (χ1v) is 7.51. The molecule has 1 aromatic carbocycles. The van der Waals surface area contributed by atoms with Crippen LogP contribution in [0.3, 0.4) is 0 Å². The number of nitrogens with zero attached hydrogens (tertiary/aromatic N) is 1. The lowest BCUT2D eigenvalue weighted by molar-refractivity contribution is -0.117. The van der Waals surface area contributed by atoms with Gasteiger partial charge in [0.25, 0.3) is 0 Å². The summed E-state index contributed by atoms with van der Waals surface area (Å²) < 4.78 is 0. The Bertz CT molecular complexity index is 674. The van der Waals surface area contributed by atoms with Gasteiger partial charge in [-0.25, -0.2) is 4.98 Å². The largest absolute Gasteiger partial charge is 0.375 e. The van der Waals surface area contributed by atoms with E-state index in [-0.39, 0.29) is 11.8 Å². The first-order valence-electron chi connectivity index (χ1n) is 6.69. The Morgan fingerprint density at radius 3 is 2.70 bits per heavy atom. The van der Waals surface area contributed by atoms with E-state index in [4.69, 9.17) is 5.73 Å². The van der Waals surface area contributed by atoms with Gasteiger partial charge in [-0.3, -0.25) is 4.79 Å². The van der Waals surface area contributed by atoms with Gasteiger partial charge in [-0.2, -0.15) is 0 Å². The molecule has 0 unspecified atom stereocenters. The zero-order valence-electron chi connectivity index (χ0n) is 11.6. The average molecular weight is 287 g/mol. The van der Waals surface area contributed by atoms with Gasteiger partial charge in [0.2, 0.25) is 5.91 Å². The van der Waals surface area contributed by atoms with Crippen LogP contribution in [0.1, 0.15) is 23.3 Å². The minimum atomic E-state index is 0.131. The molecule has 3 rings (SSSR count). The van der Waals surface area contributed by atoms with Crippen molar-refractivity contribution in [3.63, 3.8) is 0 Å². The van der Waals surface area contributed by atoms with E-state index in [0.717, 1.165) is 40.2 Å². The number of nitrogens with one attached hydrogen (secondary N) is 1. The third-order valence-electron chi connectivity index (χ3n) is 3.51. The lowest BCUT2D eigenvalue weighted by Crippen LogP contribution is -2.13. The molecule has 1 saturated carbocycles. The second-order valence-electron chi connectivity index (χ2n) is 5.25. The quantitative estimate of drug-likeness (QED) is 0.909. The number of benzene rings is 1. The summed E-state index contributed by atoms with van der Waals surface area (Å²) in [5.41, 5.74) is 9.70. The summed E-state index contributed by atoms with van der Waals surface area (Å²) in [7, 11) is 0. The fraction of sp³-hybridized carbons (Fsp3) is 0.333. The highest BCUT2D eigenvalue weighted by molar-refractivity contribution is 7.15. The number of carbonyl (C=O) groups excluding carboxylic acids is 1. The number of hydrogen-bond acceptors (Lipinski definition) is 4. The van der Waals surface area contributed by atoms with E-state index in [1.165, 1.54) is 11.3 Å². The predicted molar refractivity (Wildman–Crippen MR) is 82.8 cm³/mol. The van der Waals surface area contributed by atoms with Crippen molar-refractivity contribution in [3.8, 4) is 11.3 Å². The molecule has 0 bridgehead atoms. The topological polar surface area (TPSA) is 68.0 Å². The second kappa shape index (κ2) is 4.90. The van der Waals surface area contributed by atoms with E-state index in [2.05, 4.69) is 10.3 Å². The molecule has 20 heavy (non-hydrogen) atoms. The summed E-state index contributed by atoms with van der Waals surface area (Å²) in [5, 5.41) is 3.55. The molecule has 1 amide bonds. The summed E-state index contributed by atoms with van der Waals surface area (Å²) in [5.74, 6) is 0.349. The van der Waals surface area contributed by atoms with E-state index >= 15 is 0 Å². The molecule has 2 aromatic rings. The standard InChI is InChI=1S/C15H17N3OS/c1-8-7-11(17-14(19)10-3-4-10)5-6-12(8)13-9(2)20-15(16)18-13/h5-7,10H,3-4H2,1-2H3,(H2,16,18)(H,17,19). The SMILES string of the molecule is Cc1cc(NC(=O)C2CC2)ccc1-c1nc(N)sc1C. The number of anilines is 2. The van der Waals surface area contributed by atoms with Crippen LogP contribution in [0, 0.1) is 19.8 Å². The molecule has 5 heteroatoms. The second-order valence-corrected chi connectivity index (χ2v) is 6.48. The van der Waals surface area contributed by atoms with Crippen LogP contribution in [0.2, 0.25) is 0 Å². The van der Waals surface area contributed by atoms with Crippen LogP contribution in [0.4, 0.5) is 10.8 Å². The molecular weight excluding hydrogens is 270 g/mol. The summed E-state index contributed by atoms with van der Waals surface area (Å²) in [6.45, 7) is 4.04. The zero-order chi connectivity index (χ0) is 14.3. The van der Waals surface area contributed by atoms with Crippen LogP contribution in [0.5, 0.6) is 0 Å². The highest BCUT2D eigenvalue weighted by atomic mass is 32.1. The molecule has 0 spiro atoms. The Morgan fingerprint density at radius 1 is 1.40 bits per heavy atom. The molecule has 104 valence electrons. The molecule has 1 fully saturated rings. The van der Waals surface area contributed by atoms with Crippen molar-refractivity contribution in [3.05, 3.63) is 28.6 Å². The Hall–Kier alpha value is -1.88. The fourth-order valence-corrected chi connectivity index (χ4v) is 2.97. The molecule has 1 heterocycles. The number of aryl methyl sites for hydroxylation is 2. The zero-order valence-corrected chi connectivity index (χ0v) is 12.4. The van der Waals surface area contributed by atoms with Crippen molar-refractivity contribution < 1.29 is 4.79 Å². The third kappa shape index (κ3) is 2.54. The van der Waals surface area contributed by atoms with Crippen molar-refractivity contribution in [1.82, 2.24) is 4.98 Å². The number of rotatable bonds is 3. The lowest BCUT2D eigenvalue weighted by atomic mass is 10.0. The number of aromatic nitrogens is 1. The summed E-state index contributed by atoms with van der Waals surface area (Å²) in [6, 6.07) is 5.92. The van der Waals surface area contributed by atoms with E-state index in [1.807, 2.05) is 32.0 Å². The van der Waals surface area contributed by atoms with E-state index in [0.29, 0.717) is 5.13 Å². The minimum absolute atomic E-state index is 0.131. The Labute approximate surface area is 122 Å². The van der Waals surface area contributed by atoms with E-state index < -0.39 is 0 Å². The number of amides is 1. The molecular formula is C15H17N3OS. The van der Waals surface area contributed by atoms with Crippen molar-refractivity contribution >= 4 is 28.1 Å². The van der Waals surface area contributed by atoms with Gasteiger partial charge in [-0.05, 0) is 44.4 Å². The van der Waals surface area contributed by atoms with Gasteiger partial charge in [0.15, 0.2) is 5.13 Å². The monoisotopic (exact) mass is 287 g/mol. The van der Waals surface area contributed by atoms with Crippen molar-refractivity contribution in [1.29, 1.82) is 0 Å². The normalized spacial score (nSPS) is 14.3. The van der Waals surface area contributed by atoms with Crippen LogP contribution in [-0.2, 0) is 4.79 Å². The Morgan fingerprint density at radius 2 is 2.15 bits per heavy atom. The van der Waals surface area contributed by atoms with Gasteiger partial charge < -0.3 is 11.1 Å². The molecule has 4 nitrogen and oxygen atoms in total. The van der Waals surface area contributed by atoms with Gasteiger partial charge in [0.1, 0.15) is 0 Å². The molecule has 3 N–H and O–H groups in total. The fourth-order valence-electron chi connectivity index (χ4n) is 2.26. The maximum atomic E-state index is 11.8. The lowest BCUT2D eigenvalue weighted by Gasteiger charge is -2.09. The first kappa shape index (κ1) is 13.1.